The third-order valence-electron chi connectivity index (χ3n) is 3.16. The summed E-state index contributed by atoms with van der Waals surface area (Å²) in [6.07, 6.45) is 2.20. The first-order valence-electron chi connectivity index (χ1n) is 7.13. The minimum absolute atomic E-state index is 0.596. The van der Waals surface area contributed by atoms with E-state index in [9.17, 15) is 0 Å². The molecule has 114 valence electrons. The largest absolute Gasteiger partial charge is 0.494 e. The zero-order chi connectivity index (χ0) is 15.1. The fourth-order valence-corrected chi connectivity index (χ4v) is 2.19. The summed E-state index contributed by atoms with van der Waals surface area (Å²) >= 11 is 5.25. The van der Waals surface area contributed by atoms with Crippen molar-refractivity contribution in [1.82, 2.24) is 14.8 Å². The number of ether oxygens (including phenoxy) is 2. The Kier molecular flexibility index (Phi) is 5.95. The molecule has 1 aromatic heterocycles. The molecule has 0 unspecified atom stereocenters. The molecule has 1 heterocycles. The summed E-state index contributed by atoms with van der Waals surface area (Å²) in [6.45, 7) is 4.17. The van der Waals surface area contributed by atoms with E-state index in [0.29, 0.717) is 17.9 Å². The topological polar surface area (TPSA) is 52.1 Å². The van der Waals surface area contributed by atoms with E-state index in [4.69, 9.17) is 21.7 Å². The molecule has 0 amide bonds. The predicted octanol–water partition coefficient (Wildman–Crippen LogP) is 3.43. The molecule has 2 rings (SSSR count). The minimum atomic E-state index is 0.596. The summed E-state index contributed by atoms with van der Waals surface area (Å²) in [5.74, 6) is 1.70. The Labute approximate surface area is 129 Å². The molecule has 21 heavy (non-hydrogen) atoms. The Balaban J connectivity index is 2.13. The molecular weight excluding hydrogens is 286 g/mol. The second-order valence-electron chi connectivity index (χ2n) is 4.72. The van der Waals surface area contributed by atoms with Gasteiger partial charge in [-0.05, 0) is 42.9 Å². The van der Waals surface area contributed by atoms with Crippen molar-refractivity contribution in [3.8, 4) is 17.1 Å². The molecule has 0 atom stereocenters. The van der Waals surface area contributed by atoms with E-state index in [1.807, 2.05) is 28.8 Å². The van der Waals surface area contributed by atoms with Crippen LogP contribution in [-0.4, -0.2) is 35.1 Å². The highest BCUT2D eigenvalue weighted by Crippen LogP contribution is 2.21. The molecule has 0 aliphatic heterocycles. The van der Waals surface area contributed by atoms with Crippen LogP contribution in [0.3, 0.4) is 0 Å². The molecule has 0 saturated carbocycles. The van der Waals surface area contributed by atoms with Crippen molar-refractivity contribution in [2.75, 3.05) is 20.3 Å². The SMILES string of the molecule is CCCCOc1ccc(-c2n[nH]c(=S)n2CCOC)cc1. The van der Waals surface area contributed by atoms with Crippen LogP contribution < -0.4 is 4.74 Å². The van der Waals surface area contributed by atoms with Gasteiger partial charge in [0.2, 0.25) is 0 Å². The van der Waals surface area contributed by atoms with Crippen molar-refractivity contribution in [3.05, 3.63) is 29.0 Å². The molecule has 1 aromatic carbocycles. The summed E-state index contributed by atoms with van der Waals surface area (Å²) in [5.41, 5.74) is 1.00. The summed E-state index contributed by atoms with van der Waals surface area (Å²) < 4.78 is 13.3. The Morgan fingerprint density at radius 3 is 2.67 bits per heavy atom. The second-order valence-corrected chi connectivity index (χ2v) is 5.11. The number of aromatic nitrogens is 3. The van der Waals surface area contributed by atoms with Crippen LogP contribution in [0.4, 0.5) is 0 Å². The van der Waals surface area contributed by atoms with Gasteiger partial charge in [0.15, 0.2) is 10.6 Å². The van der Waals surface area contributed by atoms with Crippen molar-refractivity contribution in [1.29, 1.82) is 0 Å². The number of benzene rings is 1. The molecule has 0 fully saturated rings. The van der Waals surface area contributed by atoms with Gasteiger partial charge >= 0.3 is 0 Å². The lowest BCUT2D eigenvalue weighted by molar-refractivity contribution is 0.187. The van der Waals surface area contributed by atoms with Crippen LogP contribution in [0, 0.1) is 4.77 Å². The van der Waals surface area contributed by atoms with Gasteiger partial charge in [-0.2, -0.15) is 5.10 Å². The van der Waals surface area contributed by atoms with Crippen LogP contribution in [0.5, 0.6) is 5.75 Å². The van der Waals surface area contributed by atoms with E-state index in [1.165, 1.54) is 0 Å². The van der Waals surface area contributed by atoms with Crippen LogP contribution >= 0.6 is 12.2 Å². The van der Waals surface area contributed by atoms with E-state index in [1.54, 1.807) is 7.11 Å². The van der Waals surface area contributed by atoms with Crippen LogP contribution in [0.2, 0.25) is 0 Å². The van der Waals surface area contributed by atoms with Crippen molar-refractivity contribution >= 4 is 12.2 Å². The molecule has 2 aromatic rings. The summed E-state index contributed by atoms with van der Waals surface area (Å²) in [5, 5.41) is 7.12. The van der Waals surface area contributed by atoms with Gasteiger partial charge in [-0.15, -0.1) is 0 Å². The Morgan fingerprint density at radius 1 is 1.24 bits per heavy atom. The number of unbranched alkanes of at least 4 members (excludes halogenated alkanes) is 1. The van der Waals surface area contributed by atoms with E-state index >= 15 is 0 Å². The Morgan fingerprint density at radius 2 is 2.00 bits per heavy atom. The Bertz CT molecular complexity index is 604. The average molecular weight is 307 g/mol. The molecular formula is C15H21N3O2S. The van der Waals surface area contributed by atoms with Crippen molar-refractivity contribution in [2.45, 2.75) is 26.3 Å². The van der Waals surface area contributed by atoms with Crippen LogP contribution in [0.1, 0.15) is 19.8 Å². The third-order valence-corrected chi connectivity index (χ3v) is 3.47. The minimum Gasteiger partial charge on any atom is -0.494 e. The smallest absolute Gasteiger partial charge is 0.195 e. The molecule has 0 radical (unpaired) electrons. The number of nitrogens with zero attached hydrogens (tertiary/aromatic N) is 2. The van der Waals surface area contributed by atoms with Crippen LogP contribution in [-0.2, 0) is 11.3 Å². The number of nitrogens with one attached hydrogen (secondary N) is 1. The highest BCUT2D eigenvalue weighted by atomic mass is 32.1. The maximum absolute atomic E-state index is 5.66. The van der Waals surface area contributed by atoms with E-state index in [2.05, 4.69) is 17.1 Å². The lowest BCUT2D eigenvalue weighted by Crippen LogP contribution is -2.06. The molecule has 0 aliphatic rings. The van der Waals surface area contributed by atoms with E-state index < -0.39 is 0 Å². The normalized spacial score (nSPS) is 10.8. The fraction of sp³-hybridized carbons (Fsp3) is 0.467. The number of aromatic amines is 1. The Hall–Kier alpha value is -1.66. The van der Waals surface area contributed by atoms with Gasteiger partial charge in [0.1, 0.15) is 5.75 Å². The molecule has 0 saturated heterocycles. The van der Waals surface area contributed by atoms with Gasteiger partial charge < -0.3 is 9.47 Å². The zero-order valence-corrected chi connectivity index (χ0v) is 13.3. The molecule has 1 N–H and O–H groups in total. The summed E-state index contributed by atoms with van der Waals surface area (Å²) in [4.78, 5) is 0. The van der Waals surface area contributed by atoms with Gasteiger partial charge in [0.05, 0.1) is 19.8 Å². The fourth-order valence-electron chi connectivity index (χ4n) is 1.96. The number of H-pyrrole nitrogens is 1. The molecule has 0 aliphatic carbocycles. The first-order valence-corrected chi connectivity index (χ1v) is 7.54. The molecule has 0 bridgehead atoms. The predicted molar refractivity (Wildman–Crippen MR) is 85.1 cm³/mol. The van der Waals surface area contributed by atoms with Gasteiger partial charge in [0, 0.05) is 12.7 Å². The quantitative estimate of drug-likeness (QED) is 0.599. The zero-order valence-electron chi connectivity index (χ0n) is 12.5. The molecule has 6 heteroatoms. The average Bonchev–Trinajstić information content (AvgIpc) is 2.87. The maximum atomic E-state index is 5.66. The number of methoxy groups -OCH3 is 1. The van der Waals surface area contributed by atoms with Crippen LogP contribution in [0.15, 0.2) is 24.3 Å². The van der Waals surface area contributed by atoms with Crippen molar-refractivity contribution in [3.63, 3.8) is 0 Å². The third kappa shape index (κ3) is 4.15. The number of hydrogen-bond acceptors (Lipinski definition) is 4. The van der Waals surface area contributed by atoms with Gasteiger partial charge in [-0.3, -0.25) is 9.67 Å². The standard InChI is InChI=1S/C15H21N3O2S/c1-3-4-10-20-13-7-5-12(6-8-13)14-16-17-15(21)18(14)9-11-19-2/h5-8H,3-4,9-11H2,1-2H3,(H,17,21). The van der Waals surface area contributed by atoms with Crippen LogP contribution in [0.25, 0.3) is 11.4 Å². The summed E-state index contributed by atoms with van der Waals surface area (Å²) in [6, 6.07) is 7.91. The first-order chi connectivity index (χ1) is 10.3. The van der Waals surface area contributed by atoms with Gasteiger partial charge in [-0.25, -0.2) is 0 Å². The molecule has 0 spiro atoms. The van der Waals surface area contributed by atoms with E-state index in [-0.39, 0.29) is 0 Å². The van der Waals surface area contributed by atoms with Gasteiger partial charge in [-0.1, -0.05) is 13.3 Å². The highest BCUT2D eigenvalue weighted by molar-refractivity contribution is 7.71. The van der Waals surface area contributed by atoms with Crippen molar-refractivity contribution in [2.24, 2.45) is 0 Å². The number of hydrogen-bond donors (Lipinski definition) is 1. The lowest BCUT2D eigenvalue weighted by atomic mass is 10.2. The van der Waals surface area contributed by atoms with E-state index in [0.717, 1.165) is 36.6 Å². The van der Waals surface area contributed by atoms with Gasteiger partial charge in [0.25, 0.3) is 0 Å². The van der Waals surface area contributed by atoms with Crippen molar-refractivity contribution < 1.29 is 9.47 Å². The summed E-state index contributed by atoms with van der Waals surface area (Å²) in [7, 11) is 1.67. The number of rotatable bonds is 8. The maximum Gasteiger partial charge on any atom is 0.195 e. The first kappa shape index (κ1) is 15.7. The monoisotopic (exact) mass is 307 g/mol. The lowest BCUT2D eigenvalue weighted by Gasteiger charge is -2.08. The highest BCUT2D eigenvalue weighted by Gasteiger charge is 2.08. The second kappa shape index (κ2) is 7.95. The molecule has 5 nitrogen and oxygen atoms in total.